The lowest BCUT2D eigenvalue weighted by molar-refractivity contribution is -0.0173. The van der Waals surface area contributed by atoms with E-state index in [1.165, 1.54) is 6.34 Å². The van der Waals surface area contributed by atoms with E-state index in [4.69, 9.17) is 0 Å². The maximum absolute atomic E-state index is 13.4. The zero-order chi connectivity index (χ0) is 11.5. The fourth-order valence-electron chi connectivity index (χ4n) is 1.66. The van der Waals surface area contributed by atoms with E-state index < -0.39 is 0 Å². The van der Waals surface area contributed by atoms with Gasteiger partial charge in [-0.15, -0.1) is 0 Å². The Bertz CT molecular complexity index is 222. The highest BCUT2D eigenvalue weighted by Crippen LogP contribution is 2.28. The molecule has 0 fully saturated rings. The molecule has 88 valence electrons. The van der Waals surface area contributed by atoms with Gasteiger partial charge in [-0.1, -0.05) is 38.6 Å². The van der Waals surface area contributed by atoms with Crippen LogP contribution in [-0.2, 0) is 0 Å². The molecule has 1 unspecified atom stereocenters. The Morgan fingerprint density at radius 1 is 1.40 bits per heavy atom. The van der Waals surface area contributed by atoms with Gasteiger partial charge in [0.1, 0.15) is 12.5 Å². The van der Waals surface area contributed by atoms with Gasteiger partial charge in [0, 0.05) is 6.54 Å². The second-order valence-electron chi connectivity index (χ2n) is 5.34. The summed E-state index contributed by atoms with van der Waals surface area (Å²) < 4.78 is 13.4. The van der Waals surface area contributed by atoms with E-state index in [1.807, 2.05) is 5.01 Å². The molecule has 1 aliphatic heterocycles. The average Bonchev–Trinajstić information content (AvgIpc) is 2.43. The molecule has 0 N–H and O–H groups in total. The molecule has 1 heterocycles. The highest BCUT2D eigenvalue weighted by Gasteiger charge is 2.31. The van der Waals surface area contributed by atoms with Gasteiger partial charge in [0.05, 0.1) is 0 Å². The summed E-state index contributed by atoms with van der Waals surface area (Å²) in [5, 5.41) is 6.66. The van der Waals surface area contributed by atoms with Gasteiger partial charge in [0.2, 0.25) is 0 Å². The van der Waals surface area contributed by atoms with Crippen LogP contribution in [0.1, 0.15) is 47.0 Å². The van der Waals surface area contributed by atoms with Crippen LogP contribution >= 0.6 is 0 Å². The Balaban J connectivity index is 2.52. The van der Waals surface area contributed by atoms with Crippen LogP contribution < -0.4 is 0 Å². The van der Waals surface area contributed by atoms with E-state index in [2.05, 4.69) is 32.8 Å². The summed E-state index contributed by atoms with van der Waals surface area (Å²) in [6.07, 6.45) is 4.03. The minimum atomic E-state index is -0.212. The van der Waals surface area contributed by atoms with E-state index in [-0.39, 0.29) is 11.6 Å². The number of halogens is 1. The van der Waals surface area contributed by atoms with E-state index in [1.54, 1.807) is 0 Å². The minimum Gasteiger partial charge on any atom is -0.270 e. The Morgan fingerprint density at radius 2 is 2.07 bits per heavy atom. The highest BCUT2D eigenvalue weighted by atomic mass is 19.2. The number of nitrogens with zero attached hydrogens (tertiary/aromatic N) is 3. The van der Waals surface area contributed by atoms with Gasteiger partial charge in [0.15, 0.2) is 0 Å². The molecule has 0 saturated heterocycles. The molecular weight excluding hydrogens is 193 g/mol. The van der Waals surface area contributed by atoms with E-state index in [9.17, 15) is 4.48 Å². The third-order valence-corrected chi connectivity index (χ3v) is 2.47. The molecule has 0 spiro atoms. The van der Waals surface area contributed by atoms with Crippen molar-refractivity contribution in [2.75, 3.05) is 6.54 Å². The zero-order valence-corrected chi connectivity index (χ0v) is 10.2. The van der Waals surface area contributed by atoms with Crippen molar-refractivity contribution >= 4 is 6.34 Å². The number of hydrazone groups is 1. The SMILES string of the molecule is CCCCN1N=CN(F)C1CC(C)(C)C. The molecule has 0 radical (unpaired) electrons. The normalized spacial score (nSPS) is 21.5. The molecule has 0 aromatic heterocycles. The smallest absolute Gasteiger partial charge is 0.150 e. The van der Waals surface area contributed by atoms with Crippen molar-refractivity contribution in [2.45, 2.75) is 53.1 Å². The lowest BCUT2D eigenvalue weighted by Crippen LogP contribution is -2.38. The number of hydrogen-bond donors (Lipinski definition) is 0. The second kappa shape index (κ2) is 4.81. The van der Waals surface area contributed by atoms with Crippen molar-refractivity contribution in [2.24, 2.45) is 10.5 Å². The number of rotatable bonds is 4. The molecule has 4 heteroatoms. The monoisotopic (exact) mass is 215 g/mol. The fraction of sp³-hybridized carbons (Fsp3) is 0.909. The van der Waals surface area contributed by atoms with Crippen LogP contribution in [0.25, 0.3) is 0 Å². The molecule has 1 aliphatic rings. The summed E-state index contributed by atoms with van der Waals surface area (Å²) in [5.41, 5.74) is 0.118. The van der Waals surface area contributed by atoms with Gasteiger partial charge in [-0.3, -0.25) is 5.01 Å². The number of unbranched alkanes of at least 4 members (excludes halogenated alkanes) is 1. The van der Waals surface area contributed by atoms with Crippen molar-refractivity contribution in [3.8, 4) is 0 Å². The van der Waals surface area contributed by atoms with Crippen molar-refractivity contribution in [3.63, 3.8) is 0 Å². The van der Waals surface area contributed by atoms with Gasteiger partial charge >= 0.3 is 0 Å². The maximum Gasteiger partial charge on any atom is 0.150 e. The van der Waals surface area contributed by atoms with Gasteiger partial charge < -0.3 is 0 Å². The third-order valence-electron chi connectivity index (χ3n) is 2.47. The first-order valence-corrected chi connectivity index (χ1v) is 5.69. The Hall–Kier alpha value is -0.800. The standard InChI is InChI=1S/C11H22FN3/c1-5-6-7-15-10(8-11(2,3)4)14(12)9-13-15/h9-10H,5-8H2,1-4H3. The first-order valence-electron chi connectivity index (χ1n) is 5.69. The minimum absolute atomic E-state index is 0.118. The molecule has 0 bridgehead atoms. The molecular formula is C11H22FN3. The van der Waals surface area contributed by atoms with Crippen molar-refractivity contribution in [1.82, 2.24) is 10.1 Å². The summed E-state index contributed by atoms with van der Waals surface area (Å²) in [4.78, 5) is 0. The van der Waals surface area contributed by atoms with Crippen molar-refractivity contribution in [1.29, 1.82) is 0 Å². The Kier molecular flexibility index (Phi) is 3.94. The van der Waals surface area contributed by atoms with Crippen LogP contribution in [-0.4, -0.2) is 29.2 Å². The highest BCUT2D eigenvalue weighted by molar-refractivity contribution is 5.55. The molecule has 1 rings (SSSR count). The van der Waals surface area contributed by atoms with Gasteiger partial charge in [-0.2, -0.15) is 10.2 Å². The first-order chi connectivity index (χ1) is 6.94. The largest absolute Gasteiger partial charge is 0.270 e. The summed E-state index contributed by atoms with van der Waals surface area (Å²) in [7, 11) is 0. The summed E-state index contributed by atoms with van der Waals surface area (Å²) >= 11 is 0. The van der Waals surface area contributed by atoms with E-state index >= 15 is 0 Å². The zero-order valence-electron chi connectivity index (χ0n) is 10.2. The van der Waals surface area contributed by atoms with Crippen LogP contribution in [0.5, 0.6) is 0 Å². The van der Waals surface area contributed by atoms with Gasteiger partial charge in [-0.05, 0) is 18.3 Å². The summed E-state index contributed by atoms with van der Waals surface area (Å²) in [5.74, 6) is 0. The molecule has 0 aromatic carbocycles. The van der Waals surface area contributed by atoms with E-state index in [0.717, 1.165) is 30.9 Å². The quantitative estimate of drug-likeness (QED) is 0.671. The molecule has 0 aliphatic carbocycles. The summed E-state index contributed by atoms with van der Waals surface area (Å²) in [6, 6.07) is 0. The van der Waals surface area contributed by atoms with Crippen LogP contribution in [0.15, 0.2) is 5.10 Å². The number of hydrogen-bond acceptors (Lipinski definition) is 3. The topological polar surface area (TPSA) is 18.8 Å². The molecule has 0 aromatic rings. The third kappa shape index (κ3) is 3.68. The lowest BCUT2D eigenvalue weighted by Gasteiger charge is -2.30. The van der Waals surface area contributed by atoms with Gasteiger partial charge in [-0.25, -0.2) is 0 Å². The van der Waals surface area contributed by atoms with Gasteiger partial charge in [0.25, 0.3) is 0 Å². The van der Waals surface area contributed by atoms with E-state index in [0.29, 0.717) is 0 Å². The fourth-order valence-corrected chi connectivity index (χ4v) is 1.66. The molecule has 0 saturated carbocycles. The van der Waals surface area contributed by atoms with Crippen molar-refractivity contribution < 1.29 is 4.48 Å². The molecule has 15 heavy (non-hydrogen) atoms. The molecule has 1 atom stereocenters. The Morgan fingerprint density at radius 3 is 2.60 bits per heavy atom. The lowest BCUT2D eigenvalue weighted by atomic mass is 9.90. The average molecular weight is 215 g/mol. The van der Waals surface area contributed by atoms with Crippen molar-refractivity contribution in [3.05, 3.63) is 0 Å². The molecule has 3 nitrogen and oxygen atoms in total. The molecule has 0 amide bonds. The van der Waals surface area contributed by atoms with Crippen LogP contribution in [0, 0.1) is 5.41 Å². The maximum atomic E-state index is 13.4. The van der Waals surface area contributed by atoms with Crippen LogP contribution in [0.2, 0.25) is 0 Å². The first kappa shape index (κ1) is 12.3. The Labute approximate surface area is 91.9 Å². The second-order valence-corrected chi connectivity index (χ2v) is 5.34. The van der Waals surface area contributed by atoms with Crippen LogP contribution in [0.3, 0.4) is 0 Å². The predicted octanol–water partition coefficient (Wildman–Crippen LogP) is 2.99. The van der Waals surface area contributed by atoms with Crippen LogP contribution in [0.4, 0.5) is 4.48 Å². The summed E-state index contributed by atoms with van der Waals surface area (Å²) in [6.45, 7) is 9.34. The predicted molar refractivity (Wildman–Crippen MR) is 60.9 cm³/mol.